The number of benzene rings is 1. The molecular weight excluding hydrogens is 378 g/mol. The normalized spacial score (nSPS) is 20.8. The molecular formula is C24H27N3O3. The number of urea groups is 1. The third kappa shape index (κ3) is 3.07. The molecule has 0 radical (unpaired) electrons. The summed E-state index contributed by atoms with van der Waals surface area (Å²) in [4.78, 5) is 40.5. The lowest BCUT2D eigenvalue weighted by Crippen LogP contribution is -2.44. The van der Waals surface area contributed by atoms with Crippen molar-refractivity contribution in [3.05, 3.63) is 71.1 Å². The van der Waals surface area contributed by atoms with Gasteiger partial charge in [-0.15, -0.1) is 6.58 Å². The molecule has 1 N–H and O–H groups in total. The smallest absolute Gasteiger partial charge is 0.325 e. The number of aryl methyl sites for hydroxylation is 2. The summed E-state index contributed by atoms with van der Waals surface area (Å²) in [6, 6.07) is 9.12. The number of fused-ring (bicyclic) bond motifs is 2. The minimum absolute atomic E-state index is 0.235. The number of carbonyl (C=O) groups is 3. The molecule has 1 aromatic heterocycles. The van der Waals surface area contributed by atoms with Gasteiger partial charge in [0.2, 0.25) is 0 Å². The summed E-state index contributed by atoms with van der Waals surface area (Å²) in [5.41, 5.74) is 3.19. The number of hydrogen-bond acceptors (Lipinski definition) is 3. The first-order valence-corrected chi connectivity index (χ1v) is 10.4. The Balaban J connectivity index is 1.64. The summed E-state index contributed by atoms with van der Waals surface area (Å²) in [5, 5.41) is 2.94. The highest BCUT2D eigenvalue weighted by Gasteiger charge is 2.53. The van der Waals surface area contributed by atoms with E-state index in [4.69, 9.17) is 0 Å². The third-order valence-corrected chi connectivity index (χ3v) is 6.39. The quantitative estimate of drug-likeness (QED) is 0.469. The van der Waals surface area contributed by atoms with E-state index in [-0.39, 0.29) is 18.2 Å². The summed E-state index contributed by atoms with van der Waals surface area (Å²) in [7, 11) is 0. The Bertz CT molecular complexity index is 1050. The lowest BCUT2D eigenvalue weighted by molar-refractivity contribution is -0.131. The number of hydrogen-bond donors (Lipinski definition) is 1. The van der Waals surface area contributed by atoms with Crippen molar-refractivity contribution >= 4 is 17.7 Å². The molecule has 156 valence electrons. The van der Waals surface area contributed by atoms with Crippen LogP contribution < -0.4 is 5.32 Å². The topological polar surface area (TPSA) is 71.4 Å². The van der Waals surface area contributed by atoms with Gasteiger partial charge in [-0.25, -0.2) is 4.79 Å². The monoisotopic (exact) mass is 405 g/mol. The summed E-state index contributed by atoms with van der Waals surface area (Å²) in [5.74, 6) is -0.559. The van der Waals surface area contributed by atoms with Gasteiger partial charge < -0.3 is 9.88 Å². The van der Waals surface area contributed by atoms with Crippen LogP contribution in [0.2, 0.25) is 0 Å². The maximum atomic E-state index is 13.5. The molecule has 6 heteroatoms. The number of ketones is 1. The van der Waals surface area contributed by atoms with Gasteiger partial charge in [-0.05, 0) is 56.7 Å². The van der Waals surface area contributed by atoms with Gasteiger partial charge in [0.25, 0.3) is 5.91 Å². The molecule has 4 rings (SSSR count). The van der Waals surface area contributed by atoms with E-state index in [9.17, 15) is 14.4 Å². The zero-order chi connectivity index (χ0) is 21.5. The van der Waals surface area contributed by atoms with E-state index in [0.717, 1.165) is 46.7 Å². The number of allylic oxidation sites excluding steroid dienone is 1. The molecule has 1 aliphatic carbocycles. The van der Waals surface area contributed by atoms with Gasteiger partial charge in [0.1, 0.15) is 5.54 Å². The van der Waals surface area contributed by atoms with Crippen LogP contribution in [-0.2, 0) is 23.3 Å². The van der Waals surface area contributed by atoms with E-state index < -0.39 is 11.6 Å². The number of rotatable bonds is 5. The molecule has 1 aliphatic heterocycles. The molecule has 1 saturated heterocycles. The molecule has 2 aromatic rings. The predicted octanol–water partition coefficient (Wildman–Crippen LogP) is 3.65. The fraction of sp³-hybridized carbons (Fsp3) is 0.375. The maximum absolute atomic E-state index is 13.5. The first-order chi connectivity index (χ1) is 14.4. The number of nitrogens with one attached hydrogen (secondary N) is 1. The first-order valence-electron chi connectivity index (χ1n) is 10.4. The van der Waals surface area contributed by atoms with Gasteiger partial charge in [-0.2, -0.15) is 0 Å². The van der Waals surface area contributed by atoms with Crippen molar-refractivity contribution in [2.45, 2.75) is 51.6 Å². The average Bonchev–Trinajstić information content (AvgIpc) is 3.05. The van der Waals surface area contributed by atoms with Gasteiger partial charge in [-0.1, -0.05) is 30.3 Å². The van der Waals surface area contributed by atoms with Crippen LogP contribution in [0.15, 0.2) is 43.0 Å². The van der Waals surface area contributed by atoms with Gasteiger partial charge in [-0.3, -0.25) is 14.5 Å². The van der Waals surface area contributed by atoms with Crippen molar-refractivity contribution < 1.29 is 14.4 Å². The number of amides is 3. The average molecular weight is 405 g/mol. The van der Waals surface area contributed by atoms with Crippen molar-refractivity contribution in [1.82, 2.24) is 14.8 Å². The van der Waals surface area contributed by atoms with Crippen LogP contribution in [0.1, 0.15) is 52.1 Å². The molecule has 0 saturated carbocycles. The van der Waals surface area contributed by atoms with E-state index in [1.807, 2.05) is 48.7 Å². The van der Waals surface area contributed by atoms with E-state index in [0.29, 0.717) is 18.5 Å². The summed E-state index contributed by atoms with van der Waals surface area (Å²) >= 11 is 0. The second-order valence-electron chi connectivity index (χ2n) is 8.20. The lowest BCUT2D eigenvalue weighted by atomic mass is 9.84. The number of aromatic nitrogens is 1. The van der Waals surface area contributed by atoms with Crippen LogP contribution >= 0.6 is 0 Å². The van der Waals surface area contributed by atoms with Crippen LogP contribution in [0, 0.1) is 13.8 Å². The van der Waals surface area contributed by atoms with Crippen LogP contribution in [-0.4, -0.2) is 33.7 Å². The van der Waals surface area contributed by atoms with Crippen LogP contribution in [0.3, 0.4) is 0 Å². The minimum atomic E-state index is -1.07. The molecule has 1 aromatic carbocycles. The van der Waals surface area contributed by atoms with Crippen LogP contribution in [0.5, 0.6) is 0 Å². The fourth-order valence-corrected chi connectivity index (χ4v) is 4.84. The van der Waals surface area contributed by atoms with Crippen LogP contribution in [0.25, 0.3) is 0 Å². The second kappa shape index (κ2) is 7.59. The van der Waals surface area contributed by atoms with E-state index >= 15 is 0 Å². The highest BCUT2D eigenvalue weighted by Crippen LogP contribution is 2.39. The van der Waals surface area contributed by atoms with Crippen molar-refractivity contribution in [3.63, 3.8) is 0 Å². The Labute approximate surface area is 176 Å². The molecule has 1 atom stereocenters. The Morgan fingerprint density at radius 3 is 2.77 bits per heavy atom. The standard InChI is InChI=1S/C24H27N3O3/c1-4-13-26-16(2)14-19(17(26)3)21(28)15-27-22(29)24(25-23(27)30)12-8-7-10-18-9-5-6-11-20(18)24/h4-6,9,11,14H,1,7-8,10,12-13,15H2,2-3H3,(H,25,30). The number of Topliss-reactive ketones (excluding diaryl/α,β-unsaturated/α-hetero) is 1. The fourth-order valence-electron chi connectivity index (χ4n) is 4.84. The van der Waals surface area contributed by atoms with Gasteiger partial charge >= 0.3 is 6.03 Å². The van der Waals surface area contributed by atoms with Gasteiger partial charge in [0.15, 0.2) is 5.78 Å². The third-order valence-electron chi connectivity index (χ3n) is 6.39. The first kappa shape index (κ1) is 20.1. The summed E-state index contributed by atoms with van der Waals surface area (Å²) in [6.45, 7) is 7.91. The summed E-state index contributed by atoms with van der Waals surface area (Å²) in [6.07, 6.45) is 5.02. The van der Waals surface area contributed by atoms with E-state index in [1.165, 1.54) is 0 Å². The Hall–Kier alpha value is -3.15. The Kier molecular flexibility index (Phi) is 5.10. The van der Waals surface area contributed by atoms with Crippen molar-refractivity contribution in [3.8, 4) is 0 Å². The molecule has 1 unspecified atom stereocenters. The van der Waals surface area contributed by atoms with Gasteiger partial charge in [0.05, 0.1) is 6.54 Å². The van der Waals surface area contributed by atoms with Gasteiger partial charge in [0, 0.05) is 23.5 Å². The zero-order valence-electron chi connectivity index (χ0n) is 17.5. The second-order valence-corrected chi connectivity index (χ2v) is 8.20. The van der Waals surface area contributed by atoms with Crippen molar-refractivity contribution in [1.29, 1.82) is 0 Å². The molecule has 2 aliphatic rings. The number of nitrogens with zero attached hydrogens (tertiary/aromatic N) is 2. The largest absolute Gasteiger partial charge is 0.345 e. The molecule has 1 fully saturated rings. The van der Waals surface area contributed by atoms with E-state index in [1.54, 1.807) is 6.08 Å². The maximum Gasteiger partial charge on any atom is 0.325 e. The SMILES string of the molecule is C=CCn1c(C)cc(C(=O)CN2C(=O)NC3(CCCCc4ccccc43)C2=O)c1C. The lowest BCUT2D eigenvalue weighted by Gasteiger charge is -2.27. The number of imide groups is 1. The molecule has 6 nitrogen and oxygen atoms in total. The predicted molar refractivity (Wildman–Crippen MR) is 114 cm³/mol. The van der Waals surface area contributed by atoms with E-state index in [2.05, 4.69) is 11.9 Å². The minimum Gasteiger partial charge on any atom is -0.345 e. The van der Waals surface area contributed by atoms with Crippen LogP contribution in [0.4, 0.5) is 4.79 Å². The van der Waals surface area contributed by atoms with Crippen molar-refractivity contribution in [2.75, 3.05) is 6.54 Å². The Morgan fingerprint density at radius 2 is 2.00 bits per heavy atom. The molecule has 1 spiro atoms. The number of carbonyl (C=O) groups excluding carboxylic acids is 3. The zero-order valence-corrected chi connectivity index (χ0v) is 17.5. The van der Waals surface area contributed by atoms with Crippen molar-refractivity contribution in [2.24, 2.45) is 0 Å². The molecule has 2 heterocycles. The highest BCUT2D eigenvalue weighted by molar-refractivity contribution is 6.11. The summed E-state index contributed by atoms with van der Waals surface area (Å²) < 4.78 is 2.00. The molecule has 3 amide bonds. The highest BCUT2D eigenvalue weighted by atomic mass is 16.2. The Morgan fingerprint density at radius 1 is 1.23 bits per heavy atom. The molecule has 0 bridgehead atoms. The molecule has 30 heavy (non-hydrogen) atoms.